The van der Waals surface area contributed by atoms with Gasteiger partial charge in [-0.2, -0.15) is 8.42 Å². The Morgan fingerprint density at radius 3 is 2.44 bits per heavy atom. The summed E-state index contributed by atoms with van der Waals surface area (Å²) in [6.45, 7) is 6.94. The van der Waals surface area contributed by atoms with Crippen LogP contribution in [0.25, 0.3) is 0 Å². The number of carbonyl (C=O) groups excluding carboxylic acids is 1. The first-order valence-corrected chi connectivity index (χ1v) is 9.52. The maximum absolute atomic E-state index is 12.3. The highest BCUT2D eigenvalue weighted by Crippen LogP contribution is 2.23. The van der Waals surface area contributed by atoms with Crippen molar-refractivity contribution in [3.63, 3.8) is 0 Å². The van der Waals surface area contributed by atoms with Crippen molar-refractivity contribution in [2.75, 3.05) is 13.2 Å². The Morgan fingerprint density at radius 1 is 1.28 bits per heavy atom. The van der Waals surface area contributed by atoms with Crippen LogP contribution in [0, 0.1) is 6.92 Å². The molecular weight excluding hydrogens is 346 g/mol. The van der Waals surface area contributed by atoms with Gasteiger partial charge in [-0.25, -0.2) is 4.79 Å². The van der Waals surface area contributed by atoms with Crippen molar-refractivity contribution in [2.45, 2.75) is 56.8 Å². The van der Waals surface area contributed by atoms with Crippen molar-refractivity contribution in [3.05, 3.63) is 29.8 Å². The molecule has 140 valence electrons. The van der Waals surface area contributed by atoms with Crippen molar-refractivity contribution >= 4 is 16.2 Å². The number of aryl methyl sites for hydroxylation is 1. The Kier molecular flexibility index (Phi) is 5.75. The van der Waals surface area contributed by atoms with Gasteiger partial charge in [0, 0.05) is 0 Å². The number of amides is 1. The molecule has 7 nitrogen and oxygen atoms in total. The number of nitrogens with zero attached hydrogens (tertiary/aromatic N) is 1. The van der Waals surface area contributed by atoms with E-state index < -0.39 is 34.0 Å². The molecule has 8 heteroatoms. The minimum atomic E-state index is -3.93. The molecule has 1 saturated heterocycles. The largest absolute Gasteiger partial charge is 0.444 e. The first kappa shape index (κ1) is 19.7. The third-order valence-electron chi connectivity index (χ3n) is 3.75. The van der Waals surface area contributed by atoms with Gasteiger partial charge in [-0.1, -0.05) is 17.7 Å². The SMILES string of the molecule is Cc1ccc(S(=O)(=O)OCC2CC(O)CN2C(=O)OC(C)(C)C)cc1. The monoisotopic (exact) mass is 371 g/mol. The number of carbonyl (C=O) groups is 1. The molecule has 0 saturated carbocycles. The molecule has 1 fully saturated rings. The summed E-state index contributed by atoms with van der Waals surface area (Å²) < 4.78 is 34.9. The van der Waals surface area contributed by atoms with E-state index in [-0.39, 0.29) is 24.5 Å². The lowest BCUT2D eigenvalue weighted by molar-refractivity contribution is 0.0174. The minimum Gasteiger partial charge on any atom is -0.444 e. The van der Waals surface area contributed by atoms with Gasteiger partial charge in [-0.15, -0.1) is 0 Å². The fourth-order valence-corrected chi connectivity index (χ4v) is 3.48. The summed E-state index contributed by atoms with van der Waals surface area (Å²) in [7, 11) is -3.93. The average molecular weight is 371 g/mol. The number of rotatable bonds is 4. The van der Waals surface area contributed by atoms with E-state index in [1.165, 1.54) is 17.0 Å². The summed E-state index contributed by atoms with van der Waals surface area (Å²) in [5.41, 5.74) is 0.262. The Balaban J connectivity index is 2.04. The Hall–Kier alpha value is -1.64. The number of benzene rings is 1. The Labute approximate surface area is 148 Å². The zero-order valence-corrected chi connectivity index (χ0v) is 15.7. The van der Waals surface area contributed by atoms with Crippen molar-refractivity contribution in [2.24, 2.45) is 0 Å². The summed E-state index contributed by atoms with van der Waals surface area (Å²) in [6.07, 6.45) is -1.09. The fourth-order valence-electron chi connectivity index (χ4n) is 2.54. The van der Waals surface area contributed by atoms with Gasteiger partial charge in [0.05, 0.1) is 30.2 Å². The Bertz CT molecular complexity index is 708. The van der Waals surface area contributed by atoms with Crippen LogP contribution >= 0.6 is 0 Å². The van der Waals surface area contributed by atoms with Crippen LogP contribution < -0.4 is 0 Å². The standard InChI is InChI=1S/C17H25NO6S/c1-12-5-7-15(8-6-12)25(21,22)23-11-13-9-14(19)10-18(13)16(20)24-17(2,3)4/h5-8,13-14,19H,9-11H2,1-4H3. The molecular formula is C17H25NO6S. The molecule has 2 atom stereocenters. The minimum absolute atomic E-state index is 0.0560. The van der Waals surface area contributed by atoms with Crippen molar-refractivity contribution in [1.82, 2.24) is 4.90 Å². The molecule has 0 bridgehead atoms. The summed E-state index contributed by atoms with van der Waals surface area (Å²) in [4.78, 5) is 13.6. The highest BCUT2D eigenvalue weighted by molar-refractivity contribution is 7.86. The van der Waals surface area contributed by atoms with E-state index in [9.17, 15) is 18.3 Å². The molecule has 0 spiro atoms. The van der Waals surface area contributed by atoms with Gasteiger partial charge in [0.1, 0.15) is 5.60 Å². The second kappa shape index (κ2) is 7.31. The van der Waals surface area contributed by atoms with Gasteiger partial charge in [-0.3, -0.25) is 4.18 Å². The number of ether oxygens (including phenoxy) is 1. The molecule has 1 aliphatic rings. The first-order chi connectivity index (χ1) is 11.5. The van der Waals surface area contributed by atoms with Crippen LogP contribution in [-0.4, -0.2) is 55.4 Å². The highest BCUT2D eigenvalue weighted by Gasteiger charge is 2.37. The number of aliphatic hydroxyl groups is 1. The summed E-state index contributed by atoms with van der Waals surface area (Å²) in [5, 5.41) is 9.84. The van der Waals surface area contributed by atoms with Crippen LogP contribution in [0.1, 0.15) is 32.8 Å². The van der Waals surface area contributed by atoms with Gasteiger partial charge < -0.3 is 14.7 Å². The van der Waals surface area contributed by atoms with Gasteiger partial charge in [0.2, 0.25) is 0 Å². The van der Waals surface area contributed by atoms with Crippen LogP contribution in [0.5, 0.6) is 0 Å². The summed E-state index contributed by atoms with van der Waals surface area (Å²) in [5.74, 6) is 0. The van der Waals surface area contributed by atoms with E-state index in [1.54, 1.807) is 32.9 Å². The smallest absolute Gasteiger partial charge is 0.410 e. The fraction of sp³-hybridized carbons (Fsp3) is 0.588. The third-order valence-corrected chi connectivity index (χ3v) is 5.04. The number of hydrogen-bond acceptors (Lipinski definition) is 6. The second-order valence-corrected chi connectivity index (χ2v) is 8.84. The summed E-state index contributed by atoms with van der Waals surface area (Å²) in [6, 6.07) is 5.75. The molecule has 2 rings (SSSR count). The zero-order valence-electron chi connectivity index (χ0n) is 14.9. The quantitative estimate of drug-likeness (QED) is 0.815. The molecule has 1 amide bonds. The maximum atomic E-state index is 12.3. The van der Waals surface area contributed by atoms with Gasteiger partial charge in [0.15, 0.2) is 0 Å². The van der Waals surface area contributed by atoms with Gasteiger partial charge in [0.25, 0.3) is 10.1 Å². The van der Waals surface area contributed by atoms with Crippen LogP contribution in [-0.2, 0) is 19.0 Å². The Morgan fingerprint density at radius 2 is 1.88 bits per heavy atom. The van der Waals surface area contributed by atoms with Gasteiger partial charge >= 0.3 is 6.09 Å². The third kappa shape index (κ3) is 5.42. The molecule has 1 aromatic carbocycles. The molecule has 1 heterocycles. The van der Waals surface area contributed by atoms with Crippen LogP contribution in [0.4, 0.5) is 4.79 Å². The zero-order chi connectivity index (χ0) is 18.8. The lowest BCUT2D eigenvalue weighted by atomic mass is 10.2. The molecule has 1 aliphatic heterocycles. The number of likely N-dealkylation sites (tertiary alicyclic amines) is 1. The van der Waals surface area contributed by atoms with Crippen LogP contribution in [0.3, 0.4) is 0 Å². The number of aliphatic hydroxyl groups excluding tert-OH is 1. The number of hydrogen-bond donors (Lipinski definition) is 1. The average Bonchev–Trinajstić information content (AvgIpc) is 2.85. The lowest BCUT2D eigenvalue weighted by Gasteiger charge is -2.28. The van der Waals surface area contributed by atoms with E-state index in [1.807, 2.05) is 6.92 Å². The second-order valence-electron chi connectivity index (χ2n) is 7.23. The molecule has 1 aromatic rings. The molecule has 0 aliphatic carbocycles. The van der Waals surface area contributed by atoms with Crippen LogP contribution in [0.15, 0.2) is 29.2 Å². The van der Waals surface area contributed by atoms with Crippen molar-refractivity contribution in [1.29, 1.82) is 0 Å². The van der Waals surface area contributed by atoms with Crippen molar-refractivity contribution in [3.8, 4) is 0 Å². The topological polar surface area (TPSA) is 93.1 Å². The molecule has 0 radical (unpaired) electrons. The number of β-amino-alcohol motifs (C(OH)–C–C–N with tert-alkyl or cyclic N) is 1. The molecule has 1 N–H and O–H groups in total. The predicted octanol–water partition coefficient (Wildman–Crippen LogP) is 2.07. The molecule has 0 aromatic heterocycles. The van der Waals surface area contributed by atoms with Gasteiger partial charge in [-0.05, 0) is 46.2 Å². The van der Waals surface area contributed by atoms with Crippen molar-refractivity contribution < 1.29 is 27.2 Å². The predicted molar refractivity (Wildman–Crippen MR) is 91.7 cm³/mol. The van der Waals surface area contributed by atoms with E-state index in [4.69, 9.17) is 8.92 Å². The van der Waals surface area contributed by atoms with E-state index in [2.05, 4.69) is 0 Å². The lowest BCUT2D eigenvalue weighted by Crippen LogP contribution is -2.42. The van der Waals surface area contributed by atoms with Crippen LogP contribution in [0.2, 0.25) is 0 Å². The highest BCUT2D eigenvalue weighted by atomic mass is 32.2. The van der Waals surface area contributed by atoms with E-state index >= 15 is 0 Å². The summed E-state index contributed by atoms with van der Waals surface area (Å²) >= 11 is 0. The van der Waals surface area contributed by atoms with E-state index in [0.29, 0.717) is 0 Å². The molecule has 2 unspecified atom stereocenters. The van der Waals surface area contributed by atoms with E-state index in [0.717, 1.165) is 5.56 Å². The first-order valence-electron chi connectivity index (χ1n) is 8.12. The normalized spacial score (nSPS) is 21.4. The maximum Gasteiger partial charge on any atom is 0.410 e. The molecule has 25 heavy (non-hydrogen) atoms.